The second kappa shape index (κ2) is 5.71. The van der Waals surface area contributed by atoms with Gasteiger partial charge in [0.25, 0.3) is 5.91 Å². The van der Waals surface area contributed by atoms with Gasteiger partial charge < -0.3 is 16.1 Å². The first-order valence-corrected chi connectivity index (χ1v) is 6.28. The normalized spacial score (nSPS) is 15.5. The first-order chi connectivity index (χ1) is 9.10. The number of hydrogen-bond acceptors (Lipinski definition) is 4. The van der Waals surface area contributed by atoms with Crippen molar-refractivity contribution in [2.45, 2.75) is 31.8 Å². The highest BCUT2D eigenvalue weighted by Gasteiger charge is 2.26. The summed E-state index contributed by atoms with van der Waals surface area (Å²) in [5.74, 6) is 4.83. The molecule has 1 atom stereocenters. The van der Waals surface area contributed by atoms with Gasteiger partial charge in [-0.15, -0.1) is 0 Å². The van der Waals surface area contributed by atoms with Gasteiger partial charge in [-0.25, -0.2) is 0 Å². The van der Waals surface area contributed by atoms with Crippen LogP contribution < -0.4 is 21.9 Å². The lowest BCUT2D eigenvalue weighted by Gasteiger charge is -2.14. The molecule has 1 aromatic rings. The fraction of sp³-hybridized carbons (Fsp3) is 0.385. The van der Waals surface area contributed by atoms with Crippen LogP contribution in [0.5, 0.6) is 0 Å². The van der Waals surface area contributed by atoms with Gasteiger partial charge in [-0.1, -0.05) is 0 Å². The fourth-order valence-corrected chi connectivity index (χ4v) is 1.62. The number of nitrogens with two attached hydrogens (primary N) is 1. The molecule has 5 N–H and O–H groups in total. The van der Waals surface area contributed by atoms with Crippen LogP contribution in [0, 0.1) is 0 Å². The van der Waals surface area contributed by atoms with Crippen LogP contribution in [0.25, 0.3) is 0 Å². The summed E-state index contributed by atoms with van der Waals surface area (Å²) in [6.45, 7) is 1.67. The van der Waals surface area contributed by atoms with Crippen LogP contribution in [0.1, 0.15) is 30.1 Å². The number of benzene rings is 1. The summed E-state index contributed by atoms with van der Waals surface area (Å²) < 4.78 is 0. The van der Waals surface area contributed by atoms with E-state index in [2.05, 4.69) is 16.1 Å². The molecule has 0 heterocycles. The first kappa shape index (κ1) is 13.4. The summed E-state index contributed by atoms with van der Waals surface area (Å²) >= 11 is 0. The molecule has 0 aromatic heterocycles. The van der Waals surface area contributed by atoms with Gasteiger partial charge in [0, 0.05) is 17.3 Å². The van der Waals surface area contributed by atoms with Crippen molar-refractivity contribution in [3.05, 3.63) is 29.8 Å². The number of rotatable bonds is 5. The van der Waals surface area contributed by atoms with Gasteiger partial charge in [-0.3, -0.25) is 15.4 Å². The first-order valence-electron chi connectivity index (χ1n) is 6.28. The van der Waals surface area contributed by atoms with E-state index < -0.39 is 6.04 Å². The minimum Gasteiger partial charge on any atom is -0.352 e. The summed E-state index contributed by atoms with van der Waals surface area (Å²) in [6, 6.07) is 6.45. The molecule has 0 spiro atoms. The zero-order chi connectivity index (χ0) is 13.8. The zero-order valence-electron chi connectivity index (χ0n) is 10.8. The Morgan fingerprint density at radius 2 is 1.89 bits per heavy atom. The molecule has 0 saturated heterocycles. The maximum absolute atomic E-state index is 11.9. The number of carbonyl (C=O) groups excluding carboxylic acids is 2. The Morgan fingerprint density at radius 1 is 1.26 bits per heavy atom. The van der Waals surface area contributed by atoms with Crippen LogP contribution in [0.3, 0.4) is 0 Å². The van der Waals surface area contributed by atoms with E-state index in [-0.39, 0.29) is 11.8 Å². The van der Waals surface area contributed by atoms with Crippen molar-refractivity contribution < 1.29 is 9.59 Å². The molecule has 1 saturated carbocycles. The Labute approximate surface area is 111 Å². The lowest BCUT2D eigenvalue weighted by Crippen LogP contribution is -2.45. The molecule has 1 fully saturated rings. The second-order valence-electron chi connectivity index (χ2n) is 4.70. The minimum absolute atomic E-state index is 0.143. The van der Waals surface area contributed by atoms with Crippen LogP contribution in [0.2, 0.25) is 0 Å². The van der Waals surface area contributed by atoms with Crippen molar-refractivity contribution in [2.75, 3.05) is 5.43 Å². The molecule has 1 aromatic carbocycles. The molecule has 0 aliphatic heterocycles. The number of carbonyl (C=O) groups is 2. The van der Waals surface area contributed by atoms with Crippen LogP contribution >= 0.6 is 0 Å². The number of hydrogen-bond donors (Lipinski definition) is 4. The van der Waals surface area contributed by atoms with Gasteiger partial charge in [0.1, 0.15) is 6.04 Å². The molecule has 102 valence electrons. The average molecular weight is 262 g/mol. The molecule has 2 rings (SSSR count). The quantitative estimate of drug-likeness (QED) is 0.455. The second-order valence-corrected chi connectivity index (χ2v) is 4.70. The molecular weight excluding hydrogens is 244 g/mol. The number of nitrogen functional groups attached to an aromatic ring is 1. The number of nitrogens with one attached hydrogen (secondary N) is 3. The predicted molar refractivity (Wildman–Crippen MR) is 72.3 cm³/mol. The number of hydrazine groups is 1. The van der Waals surface area contributed by atoms with Crippen molar-refractivity contribution in [2.24, 2.45) is 5.84 Å². The van der Waals surface area contributed by atoms with Gasteiger partial charge in [-0.05, 0) is 44.0 Å². The van der Waals surface area contributed by atoms with Crippen molar-refractivity contribution in [3.8, 4) is 0 Å². The van der Waals surface area contributed by atoms with E-state index in [0.29, 0.717) is 11.6 Å². The van der Waals surface area contributed by atoms with Crippen LogP contribution in [0.15, 0.2) is 24.3 Å². The van der Waals surface area contributed by atoms with Crippen molar-refractivity contribution in [1.82, 2.24) is 10.6 Å². The predicted octanol–water partition coefficient (Wildman–Crippen LogP) is 0.369. The SMILES string of the molecule is CC(NC(=O)c1ccc(NN)cc1)C(=O)NC1CC1. The lowest BCUT2D eigenvalue weighted by atomic mass is 10.2. The van der Waals surface area contributed by atoms with E-state index in [0.717, 1.165) is 18.5 Å². The molecule has 1 aliphatic carbocycles. The van der Waals surface area contributed by atoms with E-state index in [9.17, 15) is 9.59 Å². The van der Waals surface area contributed by atoms with Crippen LogP contribution in [0.4, 0.5) is 5.69 Å². The highest BCUT2D eigenvalue weighted by molar-refractivity contribution is 5.97. The van der Waals surface area contributed by atoms with Crippen molar-refractivity contribution in [1.29, 1.82) is 0 Å². The zero-order valence-corrected chi connectivity index (χ0v) is 10.8. The van der Waals surface area contributed by atoms with E-state index >= 15 is 0 Å². The van der Waals surface area contributed by atoms with E-state index in [1.165, 1.54) is 0 Å². The Bertz CT molecular complexity index is 468. The maximum Gasteiger partial charge on any atom is 0.251 e. The Kier molecular flexibility index (Phi) is 4.01. The summed E-state index contributed by atoms with van der Waals surface area (Å²) in [6.07, 6.45) is 2.06. The van der Waals surface area contributed by atoms with Gasteiger partial charge in [-0.2, -0.15) is 0 Å². The Morgan fingerprint density at radius 3 is 2.42 bits per heavy atom. The van der Waals surface area contributed by atoms with Crippen molar-refractivity contribution >= 4 is 17.5 Å². The lowest BCUT2D eigenvalue weighted by molar-refractivity contribution is -0.122. The van der Waals surface area contributed by atoms with Crippen LogP contribution in [-0.2, 0) is 4.79 Å². The molecule has 1 aliphatic rings. The molecule has 6 nitrogen and oxygen atoms in total. The van der Waals surface area contributed by atoms with Crippen molar-refractivity contribution in [3.63, 3.8) is 0 Å². The standard InChI is InChI=1S/C13H18N4O2/c1-8(12(18)16-10-6-7-10)15-13(19)9-2-4-11(17-14)5-3-9/h2-5,8,10,17H,6-7,14H2,1H3,(H,15,19)(H,16,18). The fourth-order valence-electron chi connectivity index (χ4n) is 1.62. The van der Waals surface area contributed by atoms with Gasteiger partial charge in [0.15, 0.2) is 0 Å². The monoisotopic (exact) mass is 262 g/mol. The highest BCUT2D eigenvalue weighted by Crippen LogP contribution is 2.18. The molecule has 0 bridgehead atoms. The van der Waals surface area contributed by atoms with Gasteiger partial charge in [0.05, 0.1) is 0 Å². The maximum atomic E-state index is 11.9. The third kappa shape index (κ3) is 3.69. The van der Waals surface area contributed by atoms with Gasteiger partial charge in [0.2, 0.25) is 5.91 Å². The molecule has 19 heavy (non-hydrogen) atoms. The smallest absolute Gasteiger partial charge is 0.251 e. The summed E-state index contributed by atoms with van der Waals surface area (Å²) in [7, 11) is 0. The number of anilines is 1. The molecule has 2 amide bonds. The summed E-state index contributed by atoms with van der Waals surface area (Å²) in [5, 5.41) is 5.51. The Hall–Kier alpha value is -2.08. The molecule has 6 heteroatoms. The topological polar surface area (TPSA) is 96.2 Å². The van der Waals surface area contributed by atoms with Gasteiger partial charge >= 0.3 is 0 Å². The largest absolute Gasteiger partial charge is 0.352 e. The number of amides is 2. The van der Waals surface area contributed by atoms with Crippen LogP contribution in [-0.4, -0.2) is 23.9 Å². The molecule has 0 radical (unpaired) electrons. The summed E-state index contributed by atoms with van der Waals surface area (Å²) in [4.78, 5) is 23.6. The third-order valence-electron chi connectivity index (χ3n) is 2.98. The van der Waals surface area contributed by atoms with E-state index in [4.69, 9.17) is 5.84 Å². The molecule has 1 unspecified atom stereocenters. The molecular formula is C13H18N4O2. The minimum atomic E-state index is -0.541. The average Bonchev–Trinajstić information content (AvgIpc) is 3.22. The summed E-state index contributed by atoms with van der Waals surface area (Å²) in [5.41, 5.74) is 3.69. The third-order valence-corrected chi connectivity index (χ3v) is 2.98. The van der Waals surface area contributed by atoms with E-state index in [1.807, 2.05) is 0 Å². The highest BCUT2D eigenvalue weighted by atomic mass is 16.2. The van der Waals surface area contributed by atoms with E-state index in [1.54, 1.807) is 31.2 Å². The Balaban J connectivity index is 1.89.